The largest absolute Gasteiger partial charge is 0.493 e. The van der Waals surface area contributed by atoms with Crippen LogP contribution in [0.15, 0.2) is 36.4 Å². The molecule has 1 unspecified atom stereocenters. The Morgan fingerprint density at radius 2 is 1.79 bits per heavy atom. The van der Waals surface area contributed by atoms with Crippen molar-refractivity contribution in [2.75, 3.05) is 25.7 Å². The first-order valence-electron chi connectivity index (χ1n) is 8.70. The molecule has 6 nitrogen and oxygen atoms in total. The minimum absolute atomic E-state index is 0.102. The van der Waals surface area contributed by atoms with Gasteiger partial charge in [0.15, 0.2) is 11.5 Å². The number of nitrogens with one attached hydrogen (secondary N) is 1. The fraction of sp³-hybridized carbons (Fsp3) is 0.300. The maximum absolute atomic E-state index is 12.7. The van der Waals surface area contributed by atoms with Gasteiger partial charge in [0, 0.05) is 0 Å². The zero-order chi connectivity index (χ0) is 20.3. The van der Waals surface area contributed by atoms with Crippen molar-refractivity contribution in [2.45, 2.75) is 18.9 Å². The maximum atomic E-state index is 12.7. The molecule has 0 aromatic heterocycles. The standard InChI is InChI=1S/C20H20Cl2N2O4/c1-27-17-6-3-12(9-18(17)28-2)7-8-23-16-11-19(25)24(20(16)26)13-4-5-14(21)15(22)10-13/h3-6,9-10,16,23H,7-8,11H2,1-2H3. The summed E-state index contributed by atoms with van der Waals surface area (Å²) in [6.45, 7) is 0.536. The highest BCUT2D eigenvalue weighted by molar-refractivity contribution is 6.42. The molecule has 1 aliphatic heterocycles. The van der Waals surface area contributed by atoms with Gasteiger partial charge in [-0.3, -0.25) is 9.59 Å². The zero-order valence-electron chi connectivity index (χ0n) is 15.5. The second-order valence-electron chi connectivity index (χ2n) is 6.32. The van der Waals surface area contributed by atoms with Crippen molar-refractivity contribution in [3.63, 3.8) is 0 Å². The van der Waals surface area contributed by atoms with Gasteiger partial charge in [0.1, 0.15) is 0 Å². The lowest BCUT2D eigenvalue weighted by Gasteiger charge is -2.16. The van der Waals surface area contributed by atoms with Crippen LogP contribution in [0.2, 0.25) is 10.0 Å². The van der Waals surface area contributed by atoms with Crippen LogP contribution in [0.25, 0.3) is 0 Å². The molecule has 1 aliphatic rings. The summed E-state index contributed by atoms with van der Waals surface area (Å²) in [6.07, 6.45) is 0.774. The second-order valence-corrected chi connectivity index (χ2v) is 7.13. The topological polar surface area (TPSA) is 67.9 Å². The van der Waals surface area contributed by atoms with Crippen molar-refractivity contribution >= 4 is 40.7 Å². The lowest BCUT2D eigenvalue weighted by atomic mass is 10.1. The first-order valence-corrected chi connectivity index (χ1v) is 9.46. The summed E-state index contributed by atoms with van der Waals surface area (Å²) in [6, 6.07) is 9.79. The number of hydrogen-bond donors (Lipinski definition) is 1. The van der Waals surface area contributed by atoms with Crippen LogP contribution in [0, 0.1) is 0 Å². The van der Waals surface area contributed by atoms with Gasteiger partial charge in [-0.05, 0) is 48.9 Å². The van der Waals surface area contributed by atoms with Crippen LogP contribution < -0.4 is 19.7 Å². The monoisotopic (exact) mass is 422 g/mol. The predicted octanol–water partition coefficient (Wildman–Crippen LogP) is 3.47. The van der Waals surface area contributed by atoms with Gasteiger partial charge in [-0.25, -0.2) is 4.90 Å². The normalized spacial score (nSPS) is 16.6. The number of benzene rings is 2. The molecule has 3 rings (SSSR count). The smallest absolute Gasteiger partial charge is 0.251 e. The van der Waals surface area contributed by atoms with Gasteiger partial charge in [-0.15, -0.1) is 0 Å². The Balaban J connectivity index is 1.62. The van der Waals surface area contributed by atoms with Crippen molar-refractivity contribution in [2.24, 2.45) is 0 Å². The summed E-state index contributed by atoms with van der Waals surface area (Å²) in [5, 5.41) is 3.82. The second kappa shape index (κ2) is 8.82. The van der Waals surface area contributed by atoms with Gasteiger partial charge >= 0.3 is 0 Å². The van der Waals surface area contributed by atoms with Crippen LogP contribution in [-0.4, -0.2) is 38.6 Å². The van der Waals surface area contributed by atoms with Crippen molar-refractivity contribution in [1.29, 1.82) is 0 Å². The molecule has 148 valence electrons. The summed E-state index contributed by atoms with van der Waals surface area (Å²) in [4.78, 5) is 26.2. The van der Waals surface area contributed by atoms with E-state index in [4.69, 9.17) is 32.7 Å². The van der Waals surface area contributed by atoms with E-state index in [-0.39, 0.29) is 18.2 Å². The number of carbonyl (C=O) groups is 2. The molecule has 1 atom stereocenters. The van der Waals surface area contributed by atoms with Crippen LogP contribution in [-0.2, 0) is 16.0 Å². The number of methoxy groups -OCH3 is 2. The summed E-state index contributed by atoms with van der Waals surface area (Å²) in [7, 11) is 3.17. The van der Waals surface area contributed by atoms with E-state index in [0.717, 1.165) is 10.5 Å². The number of anilines is 1. The van der Waals surface area contributed by atoms with Crippen LogP contribution in [0.3, 0.4) is 0 Å². The molecule has 0 aliphatic carbocycles. The number of nitrogens with zero attached hydrogens (tertiary/aromatic N) is 1. The van der Waals surface area contributed by atoms with Gasteiger partial charge in [-0.2, -0.15) is 0 Å². The average molecular weight is 423 g/mol. The Hall–Kier alpha value is -2.28. The van der Waals surface area contributed by atoms with E-state index >= 15 is 0 Å². The Morgan fingerprint density at radius 1 is 1.04 bits per heavy atom. The van der Waals surface area contributed by atoms with E-state index in [1.54, 1.807) is 26.4 Å². The maximum Gasteiger partial charge on any atom is 0.251 e. The Kier molecular flexibility index (Phi) is 6.44. The third kappa shape index (κ3) is 4.24. The summed E-state index contributed by atoms with van der Waals surface area (Å²) >= 11 is 11.9. The third-order valence-corrected chi connectivity index (χ3v) is 5.30. The van der Waals surface area contributed by atoms with E-state index < -0.39 is 6.04 Å². The minimum atomic E-state index is -0.568. The molecule has 1 saturated heterocycles. The predicted molar refractivity (Wildman–Crippen MR) is 109 cm³/mol. The highest BCUT2D eigenvalue weighted by Crippen LogP contribution is 2.30. The number of imide groups is 1. The number of carbonyl (C=O) groups excluding carboxylic acids is 2. The molecule has 0 radical (unpaired) electrons. The van der Waals surface area contributed by atoms with Crippen LogP contribution in [0.1, 0.15) is 12.0 Å². The molecule has 2 aromatic rings. The van der Waals surface area contributed by atoms with E-state index in [0.29, 0.717) is 40.2 Å². The molecule has 8 heteroatoms. The molecular formula is C20H20Cl2N2O4. The summed E-state index contributed by atoms with van der Waals surface area (Å²) < 4.78 is 10.5. The first kappa shape index (κ1) is 20.5. The molecule has 1 N–H and O–H groups in total. The fourth-order valence-corrected chi connectivity index (χ4v) is 3.41. The summed E-state index contributed by atoms with van der Waals surface area (Å²) in [5.74, 6) is 0.744. The Labute approximate surface area is 173 Å². The molecule has 28 heavy (non-hydrogen) atoms. The van der Waals surface area contributed by atoms with Crippen molar-refractivity contribution in [1.82, 2.24) is 5.32 Å². The lowest BCUT2D eigenvalue weighted by Crippen LogP contribution is -2.39. The molecule has 1 heterocycles. The van der Waals surface area contributed by atoms with E-state index in [2.05, 4.69) is 5.32 Å². The van der Waals surface area contributed by atoms with Gasteiger partial charge in [0.2, 0.25) is 5.91 Å². The number of halogens is 2. The van der Waals surface area contributed by atoms with E-state index in [9.17, 15) is 9.59 Å². The summed E-state index contributed by atoms with van der Waals surface area (Å²) in [5.41, 5.74) is 1.46. The van der Waals surface area contributed by atoms with Gasteiger partial charge in [-0.1, -0.05) is 29.3 Å². The van der Waals surface area contributed by atoms with Gasteiger partial charge < -0.3 is 14.8 Å². The van der Waals surface area contributed by atoms with E-state index in [1.807, 2.05) is 18.2 Å². The highest BCUT2D eigenvalue weighted by atomic mass is 35.5. The SMILES string of the molecule is COc1ccc(CCNC2CC(=O)N(c3ccc(Cl)c(Cl)c3)C2=O)cc1OC. The first-order chi connectivity index (χ1) is 13.4. The molecule has 0 saturated carbocycles. The van der Waals surface area contributed by atoms with Crippen molar-refractivity contribution in [3.05, 3.63) is 52.0 Å². The van der Waals surface area contributed by atoms with Gasteiger partial charge in [0.25, 0.3) is 5.91 Å². The molecule has 0 bridgehead atoms. The van der Waals surface area contributed by atoms with Crippen molar-refractivity contribution < 1.29 is 19.1 Å². The number of hydrogen-bond acceptors (Lipinski definition) is 5. The highest BCUT2D eigenvalue weighted by Gasteiger charge is 2.39. The molecule has 2 aromatic carbocycles. The molecule has 2 amide bonds. The number of ether oxygens (including phenoxy) is 2. The Bertz CT molecular complexity index is 904. The third-order valence-electron chi connectivity index (χ3n) is 4.56. The zero-order valence-corrected chi connectivity index (χ0v) is 17.0. The quantitative estimate of drug-likeness (QED) is 0.691. The number of rotatable bonds is 7. The van der Waals surface area contributed by atoms with Crippen LogP contribution in [0.5, 0.6) is 11.5 Å². The molecular weight excluding hydrogens is 403 g/mol. The molecule has 0 spiro atoms. The van der Waals surface area contributed by atoms with Crippen LogP contribution >= 0.6 is 23.2 Å². The van der Waals surface area contributed by atoms with Gasteiger partial charge in [0.05, 0.1) is 42.4 Å². The average Bonchev–Trinajstić information content (AvgIpc) is 2.97. The fourth-order valence-electron chi connectivity index (χ4n) is 3.11. The Morgan fingerprint density at radius 3 is 2.46 bits per heavy atom. The minimum Gasteiger partial charge on any atom is -0.493 e. The van der Waals surface area contributed by atoms with Crippen LogP contribution in [0.4, 0.5) is 5.69 Å². The van der Waals surface area contributed by atoms with E-state index in [1.165, 1.54) is 6.07 Å². The molecule has 1 fully saturated rings. The lowest BCUT2D eigenvalue weighted by molar-refractivity contribution is -0.121. The van der Waals surface area contributed by atoms with Crippen molar-refractivity contribution in [3.8, 4) is 11.5 Å². The number of amides is 2.